The number of carbonyl (C=O) groups is 1. The summed E-state index contributed by atoms with van der Waals surface area (Å²) in [6.45, 7) is 1.23. The van der Waals surface area contributed by atoms with E-state index in [4.69, 9.17) is 0 Å². The summed E-state index contributed by atoms with van der Waals surface area (Å²) in [5.41, 5.74) is 1.09. The van der Waals surface area contributed by atoms with Gasteiger partial charge in [-0.2, -0.15) is 0 Å². The van der Waals surface area contributed by atoms with Gasteiger partial charge in [-0.25, -0.2) is 0 Å². The normalized spacial score (nSPS) is 30.7. The van der Waals surface area contributed by atoms with E-state index >= 15 is 0 Å². The van der Waals surface area contributed by atoms with Crippen LogP contribution in [-0.2, 0) is 4.79 Å². The third-order valence-corrected chi connectivity index (χ3v) is 3.62. The van der Waals surface area contributed by atoms with Gasteiger partial charge in [0.25, 0.3) is 0 Å². The number of ketones is 1. The highest BCUT2D eigenvalue weighted by molar-refractivity contribution is 5.92. The second kappa shape index (κ2) is 4.79. The molecule has 2 aliphatic rings. The van der Waals surface area contributed by atoms with Gasteiger partial charge in [0.05, 0.1) is 0 Å². The number of hydrogen-bond donors (Lipinski definition) is 2. The Morgan fingerprint density at radius 3 is 2.80 bits per heavy atom. The molecule has 0 aliphatic heterocycles. The zero-order valence-electron chi connectivity index (χ0n) is 9.04. The Balaban J connectivity index is 1.78. The first-order valence-corrected chi connectivity index (χ1v) is 5.87. The third-order valence-electron chi connectivity index (χ3n) is 3.62. The second-order valence-corrected chi connectivity index (χ2v) is 4.65. The monoisotopic (exact) mass is 209 g/mol. The highest BCUT2D eigenvalue weighted by Crippen LogP contribution is 2.31. The van der Waals surface area contributed by atoms with Crippen LogP contribution < -0.4 is 5.32 Å². The van der Waals surface area contributed by atoms with Crippen molar-refractivity contribution in [2.24, 2.45) is 11.8 Å². The molecular formula is C12H19NO2. The molecule has 2 atom stereocenters. The van der Waals surface area contributed by atoms with E-state index in [0.29, 0.717) is 24.9 Å². The molecule has 0 aromatic heterocycles. The highest BCUT2D eigenvalue weighted by Gasteiger charge is 2.26. The minimum Gasteiger partial charge on any atom is -0.396 e. The van der Waals surface area contributed by atoms with Crippen LogP contribution in [0.5, 0.6) is 0 Å². The topological polar surface area (TPSA) is 49.3 Å². The maximum Gasteiger partial charge on any atom is 0.157 e. The van der Waals surface area contributed by atoms with Crippen molar-refractivity contribution in [2.45, 2.75) is 32.1 Å². The van der Waals surface area contributed by atoms with Gasteiger partial charge < -0.3 is 10.4 Å². The smallest absolute Gasteiger partial charge is 0.157 e. The van der Waals surface area contributed by atoms with Crippen LogP contribution in [0.25, 0.3) is 0 Å². The van der Waals surface area contributed by atoms with Crippen molar-refractivity contribution in [1.29, 1.82) is 0 Å². The number of rotatable bonds is 4. The molecule has 2 rings (SSSR count). The Hall–Kier alpha value is -0.830. The van der Waals surface area contributed by atoms with Crippen LogP contribution in [0.3, 0.4) is 0 Å². The molecule has 0 spiro atoms. The average molecular weight is 209 g/mol. The van der Waals surface area contributed by atoms with Gasteiger partial charge in [0.15, 0.2) is 5.78 Å². The molecule has 0 heterocycles. The molecule has 0 aromatic carbocycles. The predicted octanol–water partition coefficient (Wildman–Crippen LogP) is 1.23. The van der Waals surface area contributed by atoms with Gasteiger partial charge in [-0.3, -0.25) is 4.79 Å². The summed E-state index contributed by atoms with van der Waals surface area (Å²) in [6, 6.07) is 0. The molecular weight excluding hydrogens is 190 g/mol. The van der Waals surface area contributed by atoms with Crippen LogP contribution in [0.15, 0.2) is 11.8 Å². The molecule has 1 fully saturated rings. The lowest BCUT2D eigenvalue weighted by Gasteiger charge is -2.18. The minimum atomic E-state index is 0.239. The van der Waals surface area contributed by atoms with Crippen molar-refractivity contribution in [3.8, 4) is 0 Å². The van der Waals surface area contributed by atoms with Crippen molar-refractivity contribution < 1.29 is 9.90 Å². The Kier molecular flexibility index (Phi) is 3.41. The molecule has 15 heavy (non-hydrogen) atoms. The van der Waals surface area contributed by atoms with Crippen molar-refractivity contribution in [3.63, 3.8) is 0 Å². The quantitative estimate of drug-likeness (QED) is 0.732. The van der Waals surface area contributed by atoms with E-state index in [-0.39, 0.29) is 5.78 Å². The highest BCUT2D eigenvalue weighted by atomic mass is 16.3. The van der Waals surface area contributed by atoms with E-state index < -0.39 is 0 Å². The van der Waals surface area contributed by atoms with E-state index in [0.717, 1.165) is 25.1 Å². The van der Waals surface area contributed by atoms with Crippen molar-refractivity contribution in [1.82, 2.24) is 5.32 Å². The number of aliphatic hydroxyl groups is 1. The number of nitrogens with one attached hydrogen (secondary N) is 1. The summed E-state index contributed by atoms with van der Waals surface area (Å²) in [5.74, 6) is 1.30. The van der Waals surface area contributed by atoms with Crippen LogP contribution in [0, 0.1) is 11.8 Å². The summed E-state index contributed by atoms with van der Waals surface area (Å²) in [4.78, 5) is 11.0. The molecule has 2 N–H and O–H groups in total. The third kappa shape index (κ3) is 2.59. The lowest BCUT2D eigenvalue weighted by Crippen LogP contribution is -2.25. The molecule has 2 unspecified atom stereocenters. The predicted molar refractivity (Wildman–Crippen MR) is 58.2 cm³/mol. The Morgan fingerprint density at radius 2 is 2.13 bits per heavy atom. The van der Waals surface area contributed by atoms with Crippen molar-refractivity contribution in [3.05, 3.63) is 11.8 Å². The maximum absolute atomic E-state index is 11.0. The van der Waals surface area contributed by atoms with E-state index in [1.54, 1.807) is 6.08 Å². The zero-order chi connectivity index (χ0) is 10.7. The summed E-state index contributed by atoms with van der Waals surface area (Å²) < 4.78 is 0. The molecule has 0 aromatic rings. The first-order chi connectivity index (χ1) is 7.29. The van der Waals surface area contributed by atoms with Crippen LogP contribution in [-0.4, -0.2) is 24.0 Å². The Morgan fingerprint density at radius 1 is 1.33 bits per heavy atom. The van der Waals surface area contributed by atoms with Crippen molar-refractivity contribution in [2.75, 3.05) is 13.2 Å². The molecule has 3 nitrogen and oxygen atoms in total. The van der Waals surface area contributed by atoms with E-state index in [9.17, 15) is 9.90 Å². The summed E-state index contributed by atoms with van der Waals surface area (Å²) >= 11 is 0. The average Bonchev–Trinajstić information content (AvgIpc) is 2.83. The molecule has 84 valence electrons. The van der Waals surface area contributed by atoms with Gasteiger partial charge in [0.2, 0.25) is 0 Å². The lowest BCUT2D eigenvalue weighted by molar-refractivity contribution is -0.114. The first-order valence-electron chi connectivity index (χ1n) is 5.87. The minimum absolute atomic E-state index is 0.239. The summed E-state index contributed by atoms with van der Waals surface area (Å²) in [6.07, 6.45) is 6.85. The summed E-state index contributed by atoms with van der Waals surface area (Å²) in [7, 11) is 0. The van der Waals surface area contributed by atoms with Gasteiger partial charge in [-0.1, -0.05) is 6.42 Å². The molecule has 0 saturated heterocycles. The largest absolute Gasteiger partial charge is 0.396 e. The zero-order valence-corrected chi connectivity index (χ0v) is 9.04. The van der Waals surface area contributed by atoms with E-state index in [2.05, 4.69) is 5.32 Å². The van der Waals surface area contributed by atoms with Crippen LogP contribution in [0.4, 0.5) is 0 Å². The number of allylic oxidation sites excluding steroid dienone is 2. The summed E-state index contributed by atoms with van der Waals surface area (Å²) in [5, 5.41) is 12.5. The maximum atomic E-state index is 11.0. The molecule has 0 amide bonds. The Bertz CT molecular complexity index is 273. The van der Waals surface area contributed by atoms with Gasteiger partial charge in [-0.05, 0) is 31.1 Å². The number of carbonyl (C=O) groups excluding carboxylic acids is 1. The fourth-order valence-electron chi connectivity index (χ4n) is 2.62. The van der Waals surface area contributed by atoms with Crippen LogP contribution >= 0.6 is 0 Å². The SMILES string of the molecule is O=C1C=C(NCC2CCCC2CO)CC1. The van der Waals surface area contributed by atoms with Gasteiger partial charge >= 0.3 is 0 Å². The first kappa shape index (κ1) is 10.7. The molecule has 0 radical (unpaired) electrons. The van der Waals surface area contributed by atoms with Gasteiger partial charge in [0, 0.05) is 31.3 Å². The fraction of sp³-hybridized carbons (Fsp3) is 0.750. The molecule has 1 saturated carbocycles. The number of hydrogen-bond acceptors (Lipinski definition) is 3. The Labute approximate surface area is 90.6 Å². The van der Waals surface area contributed by atoms with Gasteiger partial charge in [-0.15, -0.1) is 0 Å². The molecule has 0 bridgehead atoms. The fourth-order valence-corrected chi connectivity index (χ4v) is 2.62. The second-order valence-electron chi connectivity index (χ2n) is 4.65. The standard InChI is InChI=1S/C12H19NO2/c14-8-10-3-1-2-9(10)7-13-11-4-5-12(15)6-11/h6,9-10,13-14H,1-5,7-8H2. The van der Waals surface area contributed by atoms with E-state index in [1.165, 1.54) is 12.8 Å². The van der Waals surface area contributed by atoms with Gasteiger partial charge in [0.1, 0.15) is 0 Å². The number of aliphatic hydroxyl groups excluding tert-OH is 1. The lowest BCUT2D eigenvalue weighted by atomic mass is 9.97. The van der Waals surface area contributed by atoms with Crippen molar-refractivity contribution >= 4 is 5.78 Å². The molecule has 3 heteroatoms. The molecule has 2 aliphatic carbocycles. The van der Waals surface area contributed by atoms with E-state index in [1.807, 2.05) is 0 Å². The van der Waals surface area contributed by atoms with Crippen LogP contribution in [0.1, 0.15) is 32.1 Å². The van der Waals surface area contributed by atoms with Crippen LogP contribution in [0.2, 0.25) is 0 Å².